The fourth-order valence-corrected chi connectivity index (χ4v) is 8.04. The van der Waals surface area contributed by atoms with Crippen LogP contribution < -0.4 is 0 Å². The first-order valence-electron chi connectivity index (χ1n) is 32.4. The second-order valence-electron chi connectivity index (χ2n) is 20.5. The molecule has 0 saturated carbocycles. The Morgan fingerprint density at radius 1 is 0.256 bits per heavy atom. The summed E-state index contributed by atoms with van der Waals surface area (Å²) in [6, 6.07) is 0. The fourth-order valence-electron chi connectivity index (χ4n) is 8.04. The average molecular weight is 1130 g/mol. The van der Waals surface area contributed by atoms with E-state index in [1.807, 2.05) is 12.2 Å². The van der Waals surface area contributed by atoms with Gasteiger partial charge in [-0.2, -0.15) is 0 Å². The van der Waals surface area contributed by atoms with Crippen LogP contribution in [0.25, 0.3) is 0 Å². The molecule has 6 nitrogen and oxygen atoms in total. The molecule has 0 saturated heterocycles. The Labute approximate surface area is 503 Å². The molecule has 1 unspecified atom stereocenters. The molecule has 0 aromatic heterocycles. The molecular formula is C76H116O6. The van der Waals surface area contributed by atoms with Crippen LogP contribution in [0.5, 0.6) is 0 Å². The Hall–Kier alpha value is -5.75. The molecule has 0 rings (SSSR count). The van der Waals surface area contributed by atoms with Crippen molar-refractivity contribution in [3.8, 4) is 0 Å². The Kier molecular flexibility index (Phi) is 63.0. The van der Waals surface area contributed by atoms with Crippen LogP contribution in [0.3, 0.4) is 0 Å². The standard InChI is InChI=1S/C76H116O6/c1-4-7-10-13-16-19-22-25-28-31-33-34-35-36-37-38-39-40-41-42-44-45-48-51-54-57-60-63-66-69-75(78)81-72-73(71-80-74(77)68-65-62-59-56-53-50-47-30-27-24-21-18-15-12-9-6-3)82-76(79)70-67-64-61-58-55-52-49-46-43-32-29-26-23-20-17-14-11-8-5-2/h7-8,10-11,16-17,19-21,24-26,28-30,33-34,36-37,39-40,42-44,46-48,51-52,55,61,64,73H,4-6,9,12-15,18,22-23,27,31-32,35,38,41,45,49-50,53-54,56-60,62-63,65-72H2,1-3H3/b10-7-,11-8-,19-16-,20-17-,24-21-,28-25-,29-26-,34-33-,37-36-,40-39-,44-42-,46-43-,47-30-,51-48-,55-52-,64-61-. The largest absolute Gasteiger partial charge is 0.462 e. The lowest BCUT2D eigenvalue weighted by molar-refractivity contribution is -0.166. The number of rotatable bonds is 56. The number of esters is 3. The number of ether oxygens (including phenoxy) is 3. The summed E-state index contributed by atoms with van der Waals surface area (Å²) in [5, 5.41) is 0. The predicted octanol–water partition coefficient (Wildman–Crippen LogP) is 22.6. The van der Waals surface area contributed by atoms with Crippen LogP contribution in [-0.4, -0.2) is 37.2 Å². The summed E-state index contributed by atoms with van der Waals surface area (Å²) in [4.78, 5) is 38.3. The number of hydrogen-bond donors (Lipinski definition) is 0. The Morgan fingerprint density at radius 3 is 0.793 bits per heavy atom. The minimum Gasteiger partial charge on any atom is -0.462 e. The minimum absolute atomic E-state index is 0.134. The monoisotopic (exact) mass is 1120 g/mol. The van der Waals surface area contributed by atoms with E-state index in [1.165, 1.54) is 32.1 Å². The smallest absolute Gasteiger partial charge is 0.306 e. The zero-order chi connectivity index (χ0) is 59.2. The van der Waals surface area contributed by atoms with Crippen molar-refractivity contribution in [2.45, 2.75) is 252 Å². The van der Waals surface area contributed by atoms with Gasteiger partial charge in [-0.05, 0) is 154 Å². The highest BCUT2D eigenvalue weighted by Gasteiger charge is 2.19. The molecule has 0 aliphatic rings. The van der Waals surface area contributed by atoms with Crippen molar-refractivity contribution < 1.29 is 28.6 Å². The van der Waals surface area contributed by atoms with Crippen LogP contribution >= 0.6 is 0 Å². The van der Waals surface area contributed by atoms with E-state index in [0.29, 0.717) is 19.3 Å². The molecule has 0 aromatic rings. The van der Waals surface area contributed by atoms with Gasteiger partial charge in [-0.25, -0.2) is 0 Å². The van der Waals surface area contributed by atoms with Gasteiger partial charge in [0.2, 0.25) is 0 Å². The van der Waals surface area contributed by atoms with E-state index in [0.717, 1.165) is 167 Å². The average Bonchev–Trinajstić information content (AvgIpc) is 3.47. The van der Waals surface area contributed by atoms with Crippen LogP contribution in [0.15, 0.2) is 194 Å². The molecule has 456 valence electrons. The zero-order valence-electron chi connectivity index (χ0n) is 52.2. The fraction of sp³-hybridized carbons (Fsp3) is 0.539. The minimum atomic E-state index is -0.849. The lowest BCUT2D eigenvalue weighted by Gasteiger charge is -2.18. The molecule has 0 aromatic carbocycles. The number of hydrogen-bond acceptors (Lipinski definition) is 6. The highest BCUT2D eigenvalue weighted by Crippen LogP contribution is 2.12. The second kappa shape index (κ2) is 67.8. The van der Waals surface area contributed by atoms with Gasteiger partial charge < -0.3 is 14.2 Å². The number of allylic oxidation sites excluding steroid dienone is 32. The maximum atomic E-state index is 12.9. The van der Waals surface area contributed by atoms with Crippen molar-refractivity contribution in [3.63, 3.8) is 0 Å². The summed E-state index contributed by atoms with van der Waals surface area (Å²) in [6.45, 7) is 6.28. The summed E-state index contributed by atoms with van der Waals surface area (Å²) >= 11 is 0. The van der Waals surface area contributed by atoms with Gasteiger partial charge in [0, 0.05) is 19.3 Å². The number of carbonyl (C=O) groups is 3. The van der Waals surface area contributed by atoms with E-state index in [1.54, 1.807) is 0 Å². The van der Waals surface area contributed by atoms with E-state index in [2.05, 4.69) is 203 Å². The third-order valence-corrected chi connectivity index (χ3v) is 12.8. The number of unbranched alkanes of at least 4 members (excludes halogenated alkanes) is 13. The van der Waals surface area contributed by atoms with Gasteiger partial charge in [-0.15, -0.1) is 0 Å². The topological polar surface area (TPSA) is 78.9 Å². The Morgan fingerprint density at radius 2 is 0.500 bits per heavy atom. The molecule has 1 atom stereocenters. The Balaban J connectivity index is 4.56. The van der Waals surface area contributed by atoms with E-state index in [-0.39, 0.29) is 31.6 Å². The van der Waals surface area contributed by atoms with Gasteiger partial charge >= 0.3 is 17.9 Å². The quantitative estimate of drug-likeness (QED) is 0.0261. The van der Waals surface area contributed by atoms with E-state index >= 15 is 0 Å². The van der Waals surface area contributed by atoms with Crippen molar-refractivity contribution in [1.82, 2.24) is 0 Å². The van der Waals surface area contributed by atoms with E-state index in [9.17, 15) is 14.4 Å². The zero-order valence-corrected chi connectivity index (χ0v) is 52.2. The van der Waals surface area contributed by atoms with Crippen molar-refractivity contribution in [2.75, 3.05) is 13.2 Å². The predicted molar refractivity (Wildman–Crippen MR) is 357 cm³/mol. The summed E-state index contributed by atoms with van der Waals surface area (Å²) < 4.78 is 16.8. The van der Waals surface area contributed by atoms with Crippen LogP contribution in [0.1, 0.15) is 245 Å². The summed E-state index contributed by atoms with van der Waals surface area (Å²) in [5.41, 5.74) is 0. The highest BCUT2D eigenvalue weighted by molar-refractivity contribution is 5.71. The molecule has 0 spiro atoms. The molecule has 0 aliphatic carbocycles. The molecule has 0 fully saturated rings. The molecule has 0 bridgehead atoms. The first-order chi connectivity index (χ1) is 40.5. The van der Waals surface area contributed by atoms with Gasteiger partial charge in [0.05, 0.1) is 0 Å². The van der Waals surface area contributed by atoms with Crippen molar-refractivity contribution in [2.24, 2.45) is 0 Å². The lowest BCUT2D eigenvalue weighted by Crippen LogP contribution is -2.30. The normalized spacial score (nSPS) is 13.5. The Bertz CT molecular complexity index is 1970. The lowest BCUT2D eigenvalue weighted by atomic mass is 10.1. The SMILES string of the molecule is CC/C=C\C/C=C\C/C=C\C/C=C\C/C=C\C/C=C\C/C=C\C/C=C\CCCCCCC(=O)OCC(COC(=O)CCCCCCC/C=C\C/C=C\CCCCCC)OC(=O)CC/C=C\C/C=C\C/C=C\C/C=C\C/C=C\C/C=C\CC. The van der Waals surface area contributed by atoms with E-state index < -0.39 is 12.1 Å². The molecule has 0 N–H and O–H groups in total. The number of carbonyl (C=O) groups excluding carboxylic acids is 3. The molecule has 0 heterocycles. The van der Waals surface area contributed by atoms with Crippen molar-refractivity contribution in [1.29, 1.82) is 0 Å². The first kappa shape index (κ1) is 76.2. The third-order valence-electron chi connectivity index (χ3n) is 12.8. The second-order valence-corrected chi connectivity index (χ2v) is 20.5. The summed E-state index contributed by atoms with van der Waals surface area (Å²) in [6.07, 6.45) is 103. The van der Waals surface area contributed by atoms with E-state index in [4.69, 9.17) is 14.2 Å². The molecular weight excluding hydrogens is 1010 g/mol. The van der Waals surface area contributed by atoms with Crippen LogP contribution in [-0.2, 0) is 28.6 Å². The van der Waals surface area contributed by atoms with Crippen LogP contribution in [0.2, 0.25) is 0 Å². The van der Waals surface area contributed by atoms with Crippen LogP contribution in [0.4, 0.5) is 0 Å². The third kappa shape index (κ3) is 65.1. The van der Waals surface area contributed by atoms with Crippen LogP contribution in [0, 0.1) is 0 Å². The van der Waals surface area contributed by atoms with Gasteiger partial charge in [0.1, 0.15) is 13.2 Å². The molecule has 6 heteroatoms. The molecule has 0 radical (unpaired) electrons. The summed E-state index contributed by atoms with van der Waals surface area (Å²) in [7, 11) is 0. The van der Waals surface area contributed by atoms with Gasteiger partial charge in [-0.3, -0.25) is 14.4 Å². The molecule has 82 heavy (non-hydrogen) atoms. The molecule has 0 aliphatic heterocycles. The van der Waals surface area contributed by atoms with Crippen molar-refractivity contribution >= 4 is 17.9 Å². The maximum absolute atomic E-state index is 12.9. The molecule has 0 amide bonds. The highest BCUT2D eigenvalue weighted by atomic mass is 16.6. The van der Waals surface area contributed by atoms with Gasteiger partial charge in [-0.1, -0.05) is 267 Å². The summed E-state index contributed by atoms with van der Waals surface area (Å²) in [5.74, 6) is -1.07. The van der Waals surface area contributed by atoms with Gasteiger partial charge in [0.25, 0.3) is 0 Å². The first-order valence-corrected chi connectivity index (χ1v) is 32.4. The maximum Gasteiger partial charge on any atom is 0.306 e. The van der Waals surface area contributed by atoms with Gasteiger partial charge in [0.15, 0.2) is 6.10 Å². The van der Waals surface area contributed by atoms with Crippen molar-refractivity contribution in [3.05, 3.63) is 194 Å².